The van der Waals surface area contributed by atoms with Crippen molar-refractivity contribution in [1.82, 2.24) is 19.6 Å². The average molecular weight is 543 g/mol. The highest BCUT2D eigenvalue weighted by atomic mass is 15.3. The zero-order valence-corrected chi connectivity index (χ0v) is 24.2. The van der Waals surface area contributed by atoms with Gasteiger partial charge in [0, 0.05) is 21.6 Å². The van der Waals surface area contributed by atoms with Crippen molar-refractivity contribution >= 4 is 21.8 Å². The van der Waals surface area contributed by atoms with Crippen molar-refractivity contribution in [2.75, 3.05) is 0 Å². The lowest BCUT2D eigenvalue weighted by Gasteiger charge is -2.22. The lowest BCUT2D eigenvalue weighted by molar-refractivity contribution is 0.666. The number of hydrogen-bond donors (Lipinski definition) is 0. The van der Waals surface area contributed by atoms with Gasteiger partial charge in [-0.15, -0.1) is 0 Å². The van der Waals surface area contributed by atoms with Crippen LogP contribution < -0.4 is 0 Å². The second kappa shape index (κ2) is 7.86. The molecule has 0 saturated carbocycles. The lowest BCUT2D eigenvalue weighted by Crippen LogP contribution is -2.15. The molecule has 4 nitrogen and oxygen atoms in total. The molecule has 0 saturated heterocycles. The molecule has 0 N–H and O–H groups in total. The van der Waals surface area contributed by atoms with E-state index in [-0.39, 0.29) is 10.8 Å². The molecule has 9 rings (SSSR count). The van der Waals surface area contributed by atoms with Gasteiger partial charge in [-0.3, -0.25) is 0 Å². The molecule has 5 aromatic carbocycles. The van der Waals surface area contributed by atoms with Crippen molar-refractivity contribution in [3.63, 3.8) is 0 Å². The highest BCUT2D eigenvalue weighted by Gasteiger charge is 2.38. The highest BCUT2D eigenvalue weighted by Crippen LogP contribution is 2.52. The topological polar surface area (TPSA) is 35.6 Å². The van der Waals surface area contributed by atoms with Crippen molar-refractivity contribution in [2.45, 2.75) is 38.5 Å². The molecule has 2 heterocycles. The fourth-order valence-electron chi connectivity index (χ4n) is 7.94. The number of rotatable bonds is 2. The Morgan fingerprint density at radius 1 is 0.452 bits per heavy atom. The summed E-state index contributed by atoms with van der Waals surface area (Å²) in [7, 11) is 0. The van der Waals surface area contributed by atoms with E-state index in [1.54, 1.807) is 0 Å². The summed E-state index contributed by atoms with van der Waals surface area (Å²) in [6.45, 7) is 9.30. The first kappa shape index (κ1) is 23.7. The third kappa shape index (κ3) is 2.87. The van der Waals surface area contributed by atoms with Crippen LogP contribution in [0.4, 0.5) is 0 Å². The minimum atomic E-state index is -0.0690. The Bertz CT molecular complexity index is 2080. The van der Waals surface area contributed by atoms with Crippen LogP contribution in [-0.2, 0) is 10.8 Å². The van der Waals surface area contributed by atoms with E-state index in [1.165, 1.54) is 55.3 Å². The van der Waals surface area contributed by atoms with Gasteiger partial charge in [0.2, 0.25) is 0 Å². The summed E-state index contributed by atoms with van der Waals surface area (Å²) >= 11 is 0. The number of hydrogen-bond acceptors (Lipinski definition) is 2. The van der Waals surface area contributed by atoms with Crippen LogP contribution in [0.3, 0.4) is 0 Å². The minimum absolute atomic E-state index is 0.0690. The summed E-state index contributed by atoms with van der Waals surface area (Å²) in [4.78, 5) is 0. The highest BCUT2D eigenvalue weighted by molar-refractivity contribution is 5.97. The van der Waals surface area contributed by atoms with Crippen LogP contribution in [-0.4, -0.2) is 19.6 Å². The van der Waals surface area contributed by atoms with E-state index in [4.69, 9.17) is 10.2 Å². The molecule has 2 aromatic heterocycles. The molecule has 0 bridgehead atoms. The molecule has 0 fully saturated rings. The minimum Gasteiger partial charge on any atom is -0.233 e. The van der Waals surface area contributed by atoms with Gasteiger partial charge < -0.3 is 0 Å². The molecule has 2 aliphatic carbocycles. The van der Waals surface area contributed by atoms with Gasteiger partial charge in [0.15, 0.2) is 0 Å². The molecule has 2 aliphatic rings. The van der Waals surface area contributed by atoms with Gasteiger partial charge in [0.05, 0.1) is 34.8 Å². The van der Waals surface area contributed by atoms with Crippen molar-refractivity contribution < 1.29 is 0 Å². The van der Waals surface area contributed by atoms with Gasteiger partial charge in [-0.2, -0.15) is 10.2 Å². The van der Waals surface area contributed by atoms with Crippen LogP contribution in [0.5, 0.6) is 0 Å². The van der Waals surface area contributed by atoms with Crippen LogP contribution in [0, 0.1) is 0 Å². The van der Waals surface area contributed by atoms with Crippen LogP contribution in [0.15, 0.2) is 109 Å². The van der Waals surface area contributed by atoms with Crippen LogP contribution in [0.25, 0.3) is 55.4 Å². The van der Waals surface area contributed by atoms with Gasteiger partial charge in [-0.25, -0.2) is 9.36 Å². The fraction of sp³-hybridized carbons (Fsp3) is 0.158. The molecular formula is C38H30N4. The first-order chi connectivity index (χ1) is 20.4. The van der Waals surface area contributed by atoms with Crippen molar-refractivity contribution in [3.8, 4) is 33.6 Å². The number of fused-ring (bicyclic) bond motifs is 10. The molecule has 0 radical (unpaired) electrons. The third-order valence-corrected chi connectivity index (χ3v) is 9.88. The van der Waals surface area contributed by atoms with Crippen LogP contribution in [0.1, 0.15) is 49.9 Å². The number of aromatic nitrogens is 4. The molecule has 0 amide bonds. The smallest absolute Gasteiger partial charge is 0.0744 e. The quantitative estimate of drug-likeness (QED) is 0.219. The van der Waals surface area contributed by atoms with Gasteiger partial charge in [0.1, 0.15) is 0 Å². The summed E-state index contributed by atoms with van der Waals surface area (Å²) < 4.78 is 4.12. The van der Waals surface area contributed by atoms with E-state index in [9.17, 15) is 0 Å². The zero-order chi connectivity index (χ0) is 28.4. The monoisotopic (exact) mass is 542 g/mol. The largest absolute Gasteiger partial charge is 0.233 e. The Hall–Kier alpha value is -4.96. The summed E-state index contributed by atoms with van der Waals surface area (Å²) in [5.41, 5.74) is 15.0. The second-order valence-corrected chi connectivity index (χ2v) is 12.8. The summed E-state index contributed by atoms with van der Waals surface area (Å²) in [5, 5.41) is 12.2. The van der Waals surface area contributed by atoms with E-state index in [2.05, 4.69) is 134 Å². The normalized spacial score (nSPS) is 15.5. The first-order valence-corrected chi connectivity index (χ1v) is 14.7. The maximum atomic E-state index is 4.88. The molecule has 0 unspecified atom stereocenters. The van der Waals surface area contributed by atoms with E-state index in [0.29, 0.717) is 0 Å². The maximum absolute atomic E-state index is 4.88. The van der Waals surface area contributed by atoms with Crippen molar-refractivity contribution in [3.05, 3.63) is 132 Å². The lowest BCUT2D eigenvalue weighted by atomic mass is 9.81. The van der Waals surface area contributed by atoms with Gasteiger partial charge in [-0.1, -0.05) is 88.4 Å². The zero-order valence-electron chi connectivity index (χ0n) is 24.2. The predicted molar refractivity (Wildman–Crippen MR) is 171 cm³/mol. The fourth-order valence-corrected chi connectivity index (χ4v) is 7.94. The molecular weight excluding hydrogens is 512 g/mol. The summed E-state index contributed by atoms with van der Waals surface area (Å²) in [6, 6.07) is 35.1. The van der Waals surface area contributed by atoms with E-state index < -0.39 is 0 Å². The van der Waals surface area contributed by atoms with E-state index >= 15 is 0 Å². The van der Waals surface area contributed by atoms with Gasteiger partial charge in [0.25, 0.3) is 0 Å². The summed E-state index contributed by atoms with van der Waals surface area (Å²) in [5.74, 6) is 0. The van der Waals surface area contributed by atoms with Crippen molar-refractivity contribution in [1.29, 1.82) is 0 Å². The average Bonchev–Trinajstić information content (AvgIpc) is 3.74. The molecule has 0 atom stereocenters. The maximum Gasteiger partial charge on any atom is 0.0744 e. The standard InChI is InChI=1S/C38H30N4/c1-37(2)31-11-7-5-9-25(31)27-17-19-33-29(35(27)37)21-39-41(33)23-13-15-24(16-14-23)42-34-20-18-28-26-10-6-8-12-32(26)38(3,4)36(28)30(34)22-40-42/h5-22H,1-4H3. The van der Waals surface area contributed by atoms with E-state index in [1.807, 2.05) is 12.4 Å². The summed E-state index contributed by atoms with van der Waals surface area (Å²) in [6.07, 6.45) is 4.08. The predicted octanol–water partition coefficient (Wildman–Crippen LogP) is 8.98. The molecule has 7 aromatic rings. The Morgan fingerprint density at radius 3 is 1.29 bits per heavy atom. The molecule has 0 spiro atoms. The van der Waals surface area contributed by atoms with Crippen LogP contribution in [0.2, 0.25) is 0 Å². The van der Waals surface area contributed by atoms with Gasteiger partial charge >= 0.3 is 0 Å². The number of benzene rings is 5. The Kier molecular flexibility index (Phi) is 4.44. The van der Waals surface area contributed by atoms with Crippen LogP contribution >= 0.6 is 0 Å². The Labute approximate surface area is 244 Å². The SMILES string of the molecule is CC1(C)c2ccccc2-c2ccc3c(cnn3-c3ccc(-n4ncc5c6c(ccc54)-c4ccccc4C6(C)C)cc3)c21. The second-order valence-electron chi connectivity index (χ2n) is 12.8. The van der Waals surface area contributed by atoms with Crippen molar-refractivity contribution in [2.24, 2.45) is 0 Å². The Balaban J connectivity index is 1.12. The molecule has 42 heavy (non-hydrogen) atoms. The molecule has 0 aliphatic heterocycles. The van der Waals surface area contributed by atoms with Gasteiger partial charge in [-0.05, 0) is 80.9 Å². The number of nitrogens with zero attached hydrogens (tertiary/aromatic N) is 4. The third-order valence-electron chi connectivity index (χ3n) is 9.88. The first-order valence-electron chi connectivity index (χ1n) is 14.7. The Morgan fingerprint density at radius 2 is 0.857 bits per heavy atom. The molecule has 202 valence electrons. The van der Waals surface area contributed by atoms with E-state index in [0.717, 1.165) is 22.4 Å². The molecule has 4 heteroatoms.